The van der Waals surface area contributed by atoms with Crippen LogP contribution in [0.25, 0.3) is 0 Å². The smallest absolute Gasteiger partial charge is 0.329 e. The Hall–Kier alpha value is -2.11. The summed E-state index contributed by atoms with van der Waals surface area (Å²) in [5.41, 5.74) is -0.713. The van der Waals surface area contributed by atoms with Crippen molar-refractivity contribution >= 4 is 17.7 Å². The van der Waals surface area contributed by atoms with Crippen LogP contribution in [-0.2, 0) is 4.79 Å². The van der Waals surface area contributed by atoms with E-state index in [1.165, 1.54) is 24.3 Å². The number of urea groups is 1. The first kappa shape index (κ1) is 11.4. The van der Waals surface area contributed by atoms with Crippen LogP contribution < -0.4 is 10.6 Å². The summed E-state index contributed by atoms with van der Waals surface area (Å²) in [4.78, 5) is 22.3. The van der Waals surface area contributed by atoms with Gasteiger partial charge in [-0.1, -0.05) is 0 Å². The van der Waals surface area contributed by atoms with Gasteiger partial charge in [0.25, 0.3) is 0 Å². The fraction of sp³-hybridized carbons (Fsp3) is 0.273. The summed E-state index contributed by atoms with van der Waals surface area (Å²) in [7, 11) is 0. The maximum Gasteiger partial charge on any atom is 0.329 e. The summed E-state index contributed by atoms with van der Waals surface area (Å²) in [6, 6.07) is 4.61. The van der Waals surface area contributed by atoms with Crippen molar-refractivity contribution in [1.82, 2.24) is 5.32 Å². The molecule has 0 spiro atoms. The van der Waals surface area contributed by atoms with Crippen molar-refractivity contribution in [2.75, 3.05) is 5.32 Å². The summed E-state index contributed by atoms with van der Waals surface area (Å²) < 4.78 is 12.6. The van der Waals surface area contributed by atoms with Crippen molar-refractivity contribution in [3.63, 3.8) is 0 Å². The van der Waals surface area contributed by atoms with Crippen molar-refractivity contribution in [2.24, 2.45) is 0 Å². The molecule has 90 valence electrons. The molecule has 0 unspecified atom stereocenters. The maximum atomic E-state index is 12.6. The Kier molecular flexibility index (Phi) is 2.71. The van der Waals surface area contributed by atoms with Crippen molar-refractivity contribution < 1.29 is 19.1 Å². The van der Waals surface area contributed by atoms with E-state index < -0.39 is 23.4 Å². The minimum Gasteiger partial charge on any atom is -0.480 e. The van der Waals surface area contributed by atoms with Crippen LogP contribution in [0.4, 0.5) is 14.9 Å². The average molecular weight is 238 g/mol. The van der Waals surface area contributed by atoms with Gasteiger partial charge in [-0.15, -0.1) is 0 Å². The highest BCUT2D eigenvalue weighted by Gasteiger charge is 2.51. The number of hydrogen-bond acceptors (Lipinski definition) is 2. The highest BCUT2D eigenvalue weighted by atomic mass is 19.1. The van der Waals surface area contributed by atoms with E-state index in [1.54, 1.807) is 0 Å². The predicted molar refractivity (Wildman–Crippen MR) is 58.2 cm³/mol. The van der Waals surface area contributed by atoms with E-state index in [0.29, 0.717) is 18.5 Å². The lowest BCUT2D eigenvalue weighted by atomic mass is 10.3. The molecule has 3 N–H and O–H groups in total. The first-order valence-corrected chi connectivity index (χ1v) is 5.10. The van der Waals surface area contributed by atoms with Gasteiger partial charge in [-0.05, 0) is 37.1 Å². The summed E-state index contributed by atoms with van der Waals surface area (Å²) in [6.07, 6.45) is 0.859. The molecule has 1 aliphatic carbocycles. The summed E-state index contributed by atoms with van der Waals surface area (Å²) >= 11 is 0. The van der Waals surface area contributed by atoms with E-state index in [-0.39, 0.29) is 0 Å². The SMILES string of the molecule is O=C(Nc1ccc(F)cc1)NC1(C(=O)O)CC1. The van der Waals surface area contributed by atoms with Crippen LogP contribution >= 0.6 is 0 Å². The molecule has 0 aliphatic heterocycles. The number of nitrogens with one attached hydrogen (secondary N) is 2. The Morgan fingerprint density at radius 2 is 1.82 bits per heavy atom. The third kappa shape index (κ3) is 2.52. The van der Waals surface area contributed by atoms with Crippen molar-refractivity contribution in [3.05, 3.63) is 30.1 Å². The highest BCUT2D eigenvalue weighted by molar-refractivity contribution is 5.95. The minimum atomic E-state index is -1.12. The van der Waals surface area contributed by atoms with Gasteiger partial charge in [0.15, 0.2) is 0 Å². The van der Waals surface area contributed by atoms with Crippen molar-refractivity contribution in [1.29, 1.82) is 0 Å². The number of carboxylic acid groups (broad SMARTS) is 1. The quantitative estimate of drug-likeness (QED) is 0.747. The third-order valence-corrected chi connectivity index (χ3v) is 2.61. The number of carbonyl (C=O) groups is 2. The summed E-state index contributed by atoms with van der Waals surface area (Å²) in [5, 5.41) is 13.7. The number of aliphatic carboxylic acids is 1. The molecule has 17 heavy (non-hydrogen) atoms. The Labute approximate surface area is 96.6 Å². The number of halogens is 1. The van der Waals surface area contributed by atoms with Gasteiger partial charge in [0.05, 0.1) is 0 Å². The topological polar surface area (TPSA) is 78.4 Å². The van der Waals surface area contributed by atoms with Crippen molar-refractivity contribution in [3.8, 4) is 0 Å². The molecule has 1 aliphatic rings. The first-order chi connectivity index (χ1) is 8.02. The number of carbonyl (C=O) groups excluding carboxylic acids is 1. The van der Waals surface area contributed by atoms with Gasteiger partial charge in [0.1, 0.15) is 11.4 Å². The fourth-order valence-corrected chi connectivity index (χ4v) is 1.43. The second-order valence-corrected chi connectivity index (χ2v) is 3.97. The maximum absolute atomic E-state index is 12.6. The number of hydrogen-bond donors (Lipinski definition) is 3. The summed E-state index contributed by atoms with van der Waals surface area (Å²) in [5.74, 6) is -1.44. The van der Waals surface area contributed by atoms with Gasteiger partial charge in [0.2, 0.25) is 0 Å². The molecule has 2 amide bonds. The van der Waals surface area contributed by atoms with Crippen LogP contribution in [-0.4, -0.2) is 22.6 Å². The van der Waals surface area contributed by atoms with Gasteiger partial charge in [-0.2, -0.15) is 0 Å². The molecule has 1 fully saturated rings. The Balaban J connectivity index is 1.94. The van der Waals surface area contributed by atoms with Gasteiger partial charge < -0.3 is 15.7 Å². The van der Waals surface area contributed by atoms with E-state index in [2.05, 4.69) is 10.6 Å². The zero-order valence-corrected chi connectivity index (χ0v) is 8.87. The summed E-state index contributed by atoms with van der Waals surface area (Å²) in [6.45, 7) is 0. The molecular weight excluding hydrogens is 227 g/mol. The molecule has 2 rings (SSSR count). The van der Waals surface area contributed by atoms with Gasteiger partial charge in [-0.3, -0.25) is 0 Å². The zero-order chi connectivity index (χ0) is 12.5. The number of benzene rings is 1. The van der Waals surface area contributed by atoms with Crippen LogP contribution in [0.3, 0.4) is 0 Å². The van der Waals surface area contributed by atoms with E-state index in [9.17, 15) is 14.0 Å². The van der Waals surface area contributed by atoms with E-state index in [1.807, 2.05) is 0 Å². The second-order valence-electron chi connectivity index (χ2n) is 3.97. The van der Waals surface area contributed by atoms with Crippen molar-refractivity contribution in [2.45, 2.75) is 18.4 Å². The molecular formula is C11H11FN2O3. The molecule has 5 nitrogen and oxygen atoms in total. The lowest BCUT2D eigenvalue weighted by Crippen LogP contribution is -2.45. The number of anilines is 1. The van der Waals surface area contributed by atoms with E-state index in [4.69, 9.17) is 5.11 Å². The Bertz CT molecular complexity index is 454. The third-order valence-electron chi connectivity index (χ3n) is 2.61. The molecule has 0 aromatic heterocycles. The highest BCUT2D eigenvalue weighted by Crippen LogP contribution is 2.35. The molecule has 1 aromatic rings. The number of amides is 2. The standard InChI is InChI=1S/C11H11FN2O3/c12-7-1-3-8(4-2-7)13-10(17)14-11(5-6-11)9(15)16/h1-4H,5-6H2,(H,15,16)(H2,13,14,17). The molecule has 1 saturated carbocycles. The minimum absolute atomic E-state index is 0.403. The number of rotatable bonds is 3. The lowest BCUT2D eigenvalue weighted by Gasteiger charge is -2.13. The van der Waals surface area contributed by atoms with Gasteiger partial charge in [0, 0.05) is 5.69 Å². The van der Waals surface area contributed by atoms with E-state index >= 15 is 0 Å². The van der Waals surface area contributed by atoms with Gasteiger partial charge >= 0.3 is 12.0 Å². The van der Waals surface area contributed by atoms with Crippen LogP contribution in [0, 0.1) is 5.82 Å². The predicted octanol–water partition coefficient (Wildman–Crippen LogP) is 1.56. The molecule has 0 saturated heterocycles. The van der Waals surface area contributed by atoms with Crippen LogP contribution in [0.5, 0.6) is 0 Å². The number of carboxylic acids is 1. The lowest BCUT2D eigenvalue weighted by molar-refractivity contribution is -0.140. The molecule has 6 heteroatoms. The van der Waals surface area contributed by atoms with Crippen LogP contribution in [0.1, 0.15) is 12.8 Å². The molecule has 0 radical (unpaired) electrons. The van der Waals surface area contributed by atoms with Crippen LogP contribution in [0.15, 0.2) is 24.3 Å². The monoisotopic (exact) mass is 238 g/mol. The zero-order valence-electron chi connectivity index (χ0n) is 8.87. The fourth-order valence-electron chi connectivity index (χ4n) is 1.43. The normalized spacial score (nSPS) is 16.1. The molecule has 1 aromatic carbocycles. The molecule has 0 heterocycles. The Morgan fingerprint density at radius 1 is 1.24 bits per heavy atom. The largest absolute Gasteiger partial charge is 0.480 e. The van der Waals surface area contributed by atoms with Gasteiger partial charge in [-0.25, -0.2) is 14.0 Å². The molecule has 0 bridgehead atoms. The van der Waals surface area contributed by atoms with E-state index in [0.717, 1.165) is 0 Å². The second kappa shape index (κ2) is 4.04. The average Bonchev–Trinajstić information content (AvgIpc) is 3.02. The molecule has 0 atom stereocenters. The Morgan fingerprint density at radius 3 is 2.29 bits per heavy atom. The van der Waals surface area contributed by atoms with Crippen LogP contribution in [0.2, 0.25) is 0 Å². The first-order valence-electron chi connectivity index (χ1n) is 5.10.